The van der Waals surface area contributed by atoms with Gasteiger partial charge in [-0.15, -0.1) is 0 Å². The average Bonchev–Trinajstić information content (AvgIpc) is 2.60. The minimum absolute atomic E-state index is 0.227. The summed E-state index contributed by atoms with van der Waals surface area (Å²) in [6.07, 6.45) is 0.290. The third-order valence-corrected chi connectivity index (χ3v) is 4.61. The van der Waals surface area contributed by atoms with Crippen molar-refractivity contribution in [3.05, 3.63) is 71.6 Å². The summed E-state index contributed by atoms with van der Waals surface area (Å²) in [5.41, 5.74) is 0.441. The number of benzene rings is 2. The molecule has 0 fully saturated rings. The van der Waals surface area contributed by atoms with Gasteiger partial charge in [-0.2, -0.15) is 0 Å². The van der Waals surface area contributed by atoms with Gasteiger partial charge in [0.15, 0.2) is 0 Å². The number of allylic oxidation sites excluding steroid dienone is 1. The molecule has 2 aromatic carbocycles. The molecule has 0 aliphatic rings. The topological polar surface area (TPSA) is 63.6 Å². The molecule has 0 saturated heterocycles. The van der Waals surface area contributed by atoms with Crippen molar-refractivity contribution >= 4 is 11.9 Å². The standard InChI is InChI=1S/C22H23FO4/c1-14(2)12-20(24)27-15(3)22(4,21(25)26)17-10-11-18(19(23)13-17)16-8-6-5-7-9-16/h5-13,15H,1-4H3,(H,25,26). The molecule has 1 N–H and O–H groups in total. The Morgan fingerprint density at radius 3 is 2.30 bits per heavy atom. The van der Waals surface area contributed by atoms with Gasteiger partial charge in [0.2, 0.25) is 0 Å². The minimum atomic E-state index is -1.60. The predicted molar refractivity (Wildman–Crippen MR) is 102 cm³/mol. The molecule has 2 rings (SSSR count). The van der Waals surface area contributed by atoms with Crippen LogP contribution in [0.3, 0.4) is 0 Å². The second-order valence-electron chi connectivity index (χ2n) is 6.87. The summed E-state index contributed by atoms with van der Waals surface area (Å²) in [6.45, 7) is 6.39. The van der Waals surface area contributed by atoms with Crippen molar-refractivity contribution in [2.75, 3.05) is 0 Å². The van der Waals surface area contributed by atoms with Gasteiger partial charge in [-0.3, -0.25) is 4.79 Å². The fourth-order valence-electron chi connectivity index (χ4n) is 2.78. The van der Waals surface area contributed by atoms with Crippen molar-refractivity contribution in [3.63, 3.8) is 0 Å². The number of carbonyl (C=O) groups excluding carboxylic acids is 1. The summed E-state index contributed by atoms with van der Waals surface area (Å²) in [7, 11) is 0. The van der Waals surface area contributed by atoms with E-state index < -0.39 is 29.3 Å². The Morgan fingerprint density at radius 1 is 1.15 bits per heavy atom. The van der Waals surface area contributed by atoms with E-state index in [4.69, 9.17) is 4.74 Å². The SMILES string of the molecule is CC(C)=CC(=O)OC(C)C(C)(C(=O)O)c1ccc(-c2ccccc2)c(F)c1. The quantitative estimate of drug-likeness (QED) is 0.590. The van der Waals surface area contributed by atoms with Crippen molar-refractivity contribution < 1.29 is 23.8 Å². The molecule has 2 atom stereocenters. The zero-order valence-electron chi connectivity index (χ0n) is 15.8. The number of rotatable bonds is 6. The number of aliphatic carboxylic acids is 1. The Labute approximate surface area is 158 Å². The van der Waals surface area contributed by atoms with E-state index in [1.807, 2.05) is 6.07 Å². The van der Waals surface area contributed by atoms with Gasteiger partial charge in [-0.25, -0.2) is 9.18 Å². The van der Waals surface area contributed by atoms with Crippen molar-refractivity contribution in [3.8, 4) is 11.1 Å². The highest BCUT2D eigenvalue weighted by atomic mass is 19.1. The molecule has 0 aromatic heterocycles. The molecule has 0 heterocycles. The van der Waals surface area contributed by atoms with Crippen LogP contribution in [0.15, 0.2) is 60.2 Å². The van der Waals surface area contributed by atoms with Crippen LogP contribution in [-0.4, -0.2) is 23.1 Å². The third kappa shape index (κ3) is 4.42. The van der Waals surface area contributed by atoms with Gasteiger partial charge in [0.05, 0.1) is 0 Å². The van der Waals surface area contributed by atoms with Crippen LogP contribution in [0, 0.1) is 5.82 Å². The molecule has 142 valence electrons. The van der Waals surface area contributed by atoms with Crippen LogP contribution in [0.25, 0.3) is 11.1 Å². The summed E-state index contributed by atoms with van der Waals surface area (Å²) in [5.74, 6) is -2.36. The number of ether oxygens (including phenoxy) is 1. The zero-order valence-corrected chi connectivity index (χ0v) is 15.8. The van der Waals surface area contributed by atoms with Gasteiger partial charge in [-0.05, 0) is 44.9 Å². The Bertz CT molecular complexity index is 869. The molecule has 4 nitrogen and oxygen atoms in total. The number of hydrogen-bond acceptors (Lipinski definition) is 3. The van der Waals surface area contributed by atoms with Crippen LogP contribution in [0.1, 0.15) is 33.3 Å². The van der Waals surface area contributed by atoms with Crippen LogP contribution in [0.2, 0.25) is 0 Å². The molecule has 0 bridgehead atoms. The number of halogens is 1. The largest absolute Gasteiger partial charge is 0.480 e. The van der Waals surface area contributed by atoms with Gasteiger partial charge in [0.1, 0.15) is 17.3 Å². The molecule has 0 spiro atoms. The normalized spacial score (nSPS) is 14.0. The highest BCUT2D eigenvalue weighted by Crippen LogP contribution is 2.33. The fourth-order valence-corrected chi connectivity index (χ4v) is 2.78. The van der Waals surface area contributed by atoms with Crippen LogP contribution >= 0.6 is 0 Å². The molecule has 0 radical (unpaired) electrons. The number of carbonyl (C=O) groups is 2. The van der Waals surface area contributed by atoms with Crippen LogP contribution in [0.4, 0.5) is 4.39 Å². The third-order valence-electron chi connectivity index (χ3n) is 4.61. The first kappa shape index (κ1) is 20.4. The maximum atomic E-state index is 14.7. The molecule has 2 unspecified atom stereocenters. The number of carboxylic acid groups (broad SMARTS) is 1. The van der Waals surface area contributed by atoms with Crippen molar-refractivity contribution in [2.24, 2.45) is 0 Å². The molecule has 27 heavy (non-hydrogen) atoms. The summed E-state index contributed by atoms with van der Waals surface area (Å²) in [5, 5.41) is 9.80. The molecule has 0 aliphatic heterocycles. The summed E-state index contributed by atoms with van der Waals surface area (Å²) >= 11 is 0. The van der Waals surface area contributed by atoms with Gasteiger partial charge in [-0.1, -0.05) is 48.0 Å². The van der Waals surface area contributed by atoms with E-state index in [2.05, 4.69) is 0 Å². The Kier molecular flexibility index (Phi) is 6.16. The maximum absolute atomic E-state index is 14.7. The lowest BCUT2D eigenvalue weighted by Gasteiger charge is -2.31. The van der Waals surface area contributed by atoms with Crippen LogP contribution < -0.4 is 0 Å². The van der Waals surface area contributed by atoms with Crippen molar-refractivity contribution in [1.29, 1.82) is 0 Å². The molecule has 0 amide bonds. The molecule has 5 heteroatoms. The van der Waals surface area contributed by atoms with Crippen molar-refractivity contribution in [2.45, 2.75) is 39.2 Å². The second-order valence-corrected chi connectivity index (χ2v) is 6.87. The van der Waals surface area contributed by atoms with E-state index >= 15 is 0 Å². The summed E-state index contributed by atoms with van der Waals surface area (Å²) in [4.78, 5) is 23.9. The van der Waals surface area contributed by atoms with Gasteiger partial charge in [0.25, 0.3) is 0 Å². The fraction of sp³-hybridized carbons (Fsp3) is 0.273. The Balaban J connectivity index is 2.41. The first-order chi connectivity index (χ1) is 12.7. The lowest BCUT2D eigenvalue weighted by molar-refractivity contribution is -0.156. The Morgan fingerprint density at radius 2 is 1.78 bits per heavy atom. The minimum Gasteiger partial charge on any atom is -0.480 e. The summed E-state index contributed by atoms with van der Waals surface area (Å²) < 4.78 is 20.0. The summed E-state index contributed by atoms with van der Waals surface area (Å²) in [6, 6.07) is 13.3. The van der Waals surface area contributed by atoms with E-state index in [0.717, 1.165) is 5.57 Å². The Hall–Kier alpha value is -2.95. The first-order valence-electron chi connectivity index (χ1n) is 8.60. The molecule has 2 aromatic rings. The highest BCUT2D eigenvalue weighted by Gasteiger charge is 2.43. The number of carboxylic acids is 1. The molecular formula is C22H23FO4. The van der Waals surface area contributed by atoms with E-state index in [9.17, 15) is 19.1 Å². The van der Waals surface area contributed by atoms with E-state index in [-0.39, 0.29) is 5.56 Å². The van der Waals surface area contributed by atoms with Gasteiger partial charge in [0, 0.05) is 11.6 Å². The van der Waals surface area contributed by atoms with Gasteiger partial charge >= 0.3 is 11.9 Å². The van der Waals surface area contributed by atoms with E-state index in [1.54, 1.807) is 50.2 Å². The highest BCUT2D eigenvalue weighted by molar-refractivity contribution is 5.85. The average molecular weight is 370 g/mol. The lowest BCUT2D eigenvalue weighted by atomic mass is 9.77. The van der Waals surface area contributed by atoms with Crippen LogP contribution in [0.5, 0.6) is 0 Å². The van der Waals surface area contributed by atoms with Crippen LogP contribution in [-0.2, 0) is 19.7 Å². The first-order valence-corrected chi connectivity index (χ1v) is 8.60. The van der Waals surface area contributed by atoms with E-state index in [0.29, 0.717) is 11.1 Å². The number of esters is 1. The second kappa shape index (κ2) is 8.16. The van der Waals surface area contributed by atoms with Crippen molar-refractivity contribution in [1.82, 2.24) is 0 Å². The molecule has 0 saturated carbocycles. The molecule has 0 aliphatic carbocycles. The maximum Gasteiger partial charge on any atom is 0.330 e. The zero-order chi connectivity index (χ0) is 20.2. The molecular weight excluding hydrogens is 347 g/mol. The lowest BCUT2D eigenvalue weighted by Crippen LogP contribution is -2.44. The predicted octanol–water partition coefficient (Wildman–Crippen LogP) is 4.73. The smallest absolute Gasteiger partial charge is 0.330 e. The van der Waals surface area contributed by atoms with E-state index in [1.165, 1.54) is 26.0 Å². The van der Waals surface area contributed by atoms with Gasteiger partial charge < -0.3 is 9.84 Å². The monoisotopic (exact) mass is 370 g/mol. The number of hydrogen-bond donors (Lipinski definition) is 1.